The fourth-order valence-corrected chi connectivity index (χ4v) is 5.19. The van der Waals surface area contributed by atoms with Crippen molar-refractivity contribution in [2.45, 2.75) is 76.8 Å². The number of carbonyl (C=O) groups excluding carboxylic acids is 1. The first-order chi connectivity index (χ1) is 13.7. The highest BCUT2D eigenvalue weighted by Gasteiger charge is 2.32. The lowest BCUT2D eigenvalue weighted by Gasteiger charge is -2.36. The van der Waals surface area contributed by atoms with Crippen LogP contribution in [-0.4, -0.2) is 52.9 Å². The SMILES string of the molecule is CNc1nc(C2CCCCN2C(=O)CCC2CCCC2)nc2c1CN(C)CC2. The number of amides is 1. The van der Waals surface area contributed by atoms with Gasteiger partial charge in [0.2, 0.25) is 5.91 Å². The second kappa shape index (κ2) is 8.76. The number of hydrogen-bond acceptors (Lipinski definition) is 5. The maximum absolute atomic E-state index is 13.1. The fraction of sp³-hybridized carbons (Fsp3) is 0.773. The topological polar surface area (TPSA) is 61.4 Å². The Morgan fingerprint density at radius 2 is 1.89 bits per heavy atom. The molecule has 0 bridgehead atoms. The molecule has 154 valence electrons. The van der Waals surface area contributed by atoms with Gasteiger partial charge in [-0.05, 0) is 38.6 Å². The first kappa shape index (κ1) is 19.6. The molecule has 0 spiro atoms. The van der Waals surface area contributed by atoms with Gasteiger partial charge in [-0.15, -0.1) is 0 Å². The third-order valence-electron chi connectivity index (χ3n) is 6.87. The summed E-state index contributed by atoms with van der Waals surface area (Å²) in [5, 5.41) is 3.28. The van der Waals surface area contributed by atoms with Crippen LogP contribution in [-0.2, 0) is 17.8 Å². The quantitative estimate of drug-likeness (QED) is 0.840. The van der Waals surface area contributed by atoms with Crippen molar-refractivity contribution in [3.8, 4) is 0 Å². The van der Waals surface area contributed by atoms with Crippen molar-refractivity contribution >= 4 is 11.7 Å². The first-order valence-electron chi connectivity index (χ1n) is 11.2. The van der Waals surface area contributed by atoms with Crippen LogP contribution in [0.1, 0.15) is 80.9 Å². The summed E-state index contributed by atoms with van der Waals surface area (Å²) in [5.74, 6) is 2.86. The first-order valence-corrected chi connectivity index (χ1v) is 11.2. The molecule has 6 heteroatoms. The Morgan fingerprint density at radius 1 is 1.11 bits per heavy atom. The van der Waals surface area contributed by atoms with Crippen molar-refractivity contribution in [1.29, 1.82) is 0 Å². The minimum Gasteiger partial charge on any atom is -0.373 e. The van der Waals surface area contributed by atoms with Crippen LogP contribution >= 0.6 is 0 Å². The number of fused-ring (bicyclic) bond motifs is 1. The van der Waals surface area contributed by atoms with Gasteiger partial charge in [-0.1, -0.05) is 25.7 Å². The van der Waals surface area contributed by atoms with Gasteiger partial charge in [0.1, 0.15) is 5.82 Å². The van der Waals surface area contributed by atoms with Crippen molar-refractivity contribution in [3.63, 3.8) is 0 Å². The van der Waals surface area contributed by atoms with E-state index in [2.05, 4.69) is 22.2 Å². The molecule has 0 aromatic carbocycles. The second-order valence-corrected chi connectivity index (χ2v) is 8.88. The predicted molar refractivity (Wildman–Crippen MR) is 111 cm³/mol. The number of piperidine rings is 1. The van der Waals surface area contributed by atoms with Gasteiger partial charge < -0.3 is 15.1 Å². The summed E-state index contributed by atoms with van der Waals surface area (Å²) in [5.41, 5.74) is 2.38. The van der Waals surface area contributed by atoms with Crippen LogP contribution in [0.25, 0.3) is 0 Å². The molecule has 0 radical (unpaired) electrons. The molecule has 6 nitrogen and oxygen atoms in total. The number of aromatic nitrogens is 2. The Morgan fingerprint density at radius 3 is 2.68 bits per heavy atom. The van der Waals surface area contributed by atoms with E-state index in [1.54, 1.807) is 0 Å². The van der Waals surface area contributed by atoms with Crippen LogP contribution in [0.15, 0.2) is 0 Å². The van der Waals surface area contributed by atoms with Gasteiger partial charge in [0.25, 0.3) is 0 Å². The molecule has 4 rings (SSSR count). The minimum absolute atomic E-state index is 0.0434. The molecule has 28 heavy (non-hydrogen) atoms. The van der Waals surface area contributed by atoms with E-state index in [4.69, 9.17) is 9.97 Å². The number of rotatable bonds is 5. The number of likely N-dealkylation sites (N-methyl/N-ethyl adjacent to an activating group) is 1. The Labute approximate surface area is 169 Å². The number of anilines is 1. The zero-order chi connectivity index (χ0) is 19.5. The zero-order valence-corrected chi connectivity index (χ0v) is 17.5. The smallest absolute Gasteiger partial charge is 0.223 e. The van der Waals surface area contributed by atoms with Crippen molar-refractivity contribution in [3.05, 3.63) is 17.1 Å². The lowest BCUT2D eigenvalue weighted by Crippen LogP contribution is -2.40. The number of hydrogen-bond donors (Lipinski definition) is 1. The van der Waals surface area contributed by atoms with E-state index >= 15 is 0 Å². The largest absolute Gasteiger partial charge is 0.373 e. The van der Waals surface area contributed by atoms with E-state index in [1.165, 1.54) is 31.2 Å². The van der Waals surface area contributed by atoms with E-state index < -0.39 is 0 Å². The van der Waals surface area contributed by atoms with Crippen LogP contribution in [0.3, 0.4) is 0 Å². The molecule has 1 saturated carbocycles. The molecule has 1 saturated heterocycles. The Balaban J connectivity index is 1.53. The molecular weight excluding hydrogens is 350 g/mol. The zero-order valence-electron chi connectivity index (χ0n) is 17.5. The Hall–Kier alpha value is -1.69. The molecule has 1 atom stereocenters. The summed E-state index contributed by atoms with van der Waals surface area (Å²) in [7, 11) is 4.08. The van der Waals surface area contributed by atoms with Crippen LogP contribution in [0, 0.1) is 5.92 Å². The van der Waals surface area contributed by atoms with Gasteiger partial charge in [0.15, 0.2) is 5.82 Å². The summed E-state index contributed by atoms with van der Waals surface area (Å²) in [6.45, 7) is 2.77. The van der Waals surface area contributed by atoms with Gasteiger partial charge in [-0.2, -0.15) is 0 Å². The fourth-order valence-electron chi connectivity index (χ4n) is 5.19. The second-order valence-electron chi connectivity index (χ2n) is 8.88. The molecule has 2 aliphatic heterocycles. The maximum Gasteiger partial charge on any atom is 0.223 e. The van der Waals surface area contributed by atoms with Gasteiger partial charge in [0, 0.05) is 45.1 Å². The standard InChI is InChI=1S/C22H35N5O/c1-23-21-17-15-26(2)14-12-18(17)24-22(25-21)19-9-5-6-13-27(19)20(28)11-10-16-7-3-4-8-16/h16,19H,3-15H2,1-2H3,(H,23,24,25). The molecule has 1 aromatic heterocycles. The van der Waals surface area contributed by atoms with E-state index in [9.17, 15) is 4.79 Å². The minimum atomic E-state index is 0.0434. The molecular formula is C22H35N5O. The summed E-state index contributed by atoms with van der Waals surface area (Å²) in [6.07, 6.45) is 11.2. The lowest BCUT2D eigenvalue weighted by molar-refractivity contribution is -0.135. The highest BCUT2D eigenvalue weighted by atomic mass is 16.2. The predicted octanol–water partition coefficient (Wildman–Crippen LogP) is 3.53. The highest BCUT2D eigenvalue weighted by Crippen LogP contribution is 2.34. The molecule has 3 aliphatic rings. The van der Waals surface area contributed by atoms with Gasteiger partial charge >= 0.3 is 0 Å². The van der Waals surface area contributed by atoms with Crippen LogP contribution in [0.5, 0.6) is 0 Å². The van der Waals surface area contributed by atoms with Crippen molar-refractivity contribution in [1.82, 2.24) is 19.8 Å². The summed E-state index contributed by atoms with van der Waals surface area (Å²) < 4.78 is 0. The lowest BCUT2D eigenvalue weighted by atomic mass is 9.97. The van der Waals surface area contributed by atoms with Gasteiger partial charge in [-0.25, -0.2) is 9.97 Å². The van der Waals surface area contributed by atoms with Crippen LogP contribution < -0.4 is 5.32 Å². The van der Waals surface area contributed by atoms with Gasteiger partial charge in [0.05, 0.1) is 11.7 Å². The molecule has 1 aromatic rings. The average molecular weight is 386 g/mol. The Bertz CT molecular complexity index is 683. The normalized spacial score (nSPS) is 23.6. The molecule has 1 amide bonds. The monoisotopic (exact) mass is 385 g/mol. The van der Waals surface area contributed by atoms with Crippen molar-refractivity contribution < 1.29 is 4.79 Å². The molecule has 2 fully saturated rings. The van der Waals surface area contributed by atoms with E-state index in [-0.39, 0.29) is 6.04 Å². The van der Waals surface area contributed by atoms with Crippen LogP contribution in [0.4, 0.5) is 5.82 Å². The molecule has 1 N–H and O–H groups in total. The summed E-state index contributed by atoms with van der Waals surface area (Å²) >= 11 is 0. The number of nitrogens with one attached hydrogen (secondary N) is 1. The van der Waals surface area contributed by atoms with Crippen LogP contribution in [0.2, 0.25) is 0 Å². The van der Waals surface area contributed by atoms with Crippen molar-refractivity contribution in [2.24, 2.45) is 5.92 Å². The number of likely N-dealkylation sites (tertiary alicyclic amines) is 1. The summed E-state index contributed by atoms with van der Waals surface area (Å²) in [4.78, 5) is 27.3. The maximum atomic E-state index is 13.1. The van der Waals surface area contributed by atoms with Crippen molar-refractivity contribution in [2.75, 3.05) is 32.5 Å². The van der Waals surface area contributed by atoms with E-state index in [1.807, 2.05) is 7.05 Å². The molecule has 1 unspecified atom stereocenters. The average Bonchev–Trinajstić information content (AvgIpc) is 3.25. The molecule has 1 aliphatic carbocycles. The number of carbonyl (C=O) groups is 1. The third-order valence-corrected chi connectivity index (χ3v) is 6.87. The van der Waals surface area contributed by atoms with E-state index in [0.29, 0.717) is 12.3 Å². The number of nitrogens with zero attached hydrogens (tertiary/aromatic N) is 4. The highest BCUT2D eigenvalue weighted by molar-refractivity contribution is 5.76. The summed E-state index contributed by atoms with van der Waals surface area (Å²) in [6, 6.07) is 0.0434. The Kier molecular flexibility index (Phi) is 6.14. The third kappa shape index (κ3) is 4.17. The van der Waals surface area contributed by atoms with E-state index in [0.717, 1.165) is 75.0 Å². The molecule has 3 heterocycles. The van der Waals surface area contributed by atoms with Gasteiger partial charge in [-0.3, -0.25) is 4.79 Å².